The number of aliphatic hydroxyl groups is 1. The van der Waals surface area contributed by atoms with Crippen LogP contribution in [0.4, 0.5) is 5.82 Å². The number of esters is 1. The maximum atomic E-state index is 13.7. The first-order valence-electron chi connectivity index (χ1n) is 11.3. The van der Waals surface area contributed by atoms with Crippen LogP contribution in [-0.4, -0.2) is 56.5 Å². The standard InChI is InChI=1S/C22H29Cl2N4O8P/c1-12(2)34-19(30)13(3)27-37(32,36-14-8-6-5-7-9-14)33-11-16-17(29)22(4,24)20(35-16)28-10-15(23)18(25)26-21(28)31/h5-10,12-13,16-17,20,29H,11H2,1-4H3,(H,27,32)(H2,25,26,31)/t13-,16-,17-,20?,22-,37?/m1/s1. The number of rotatable bonds is 10. The predicted molar refractivity (Wildman–Crippen MR) is 137 cm³/mol. The van der Waals surface area contributed by atoms with E-state index in [1.165, 1.54) is 20.0 Å². The van der Waals surface area contributed by atoms with E-state index >= 15 is 0 Å². The van der Waals surface area contributed by atoms with Gasteiger partial charge in [0.25, 0.3) is 0 Å². The minimum Gasteiger partial charge on any atom is -0.462 e. The van der Waals surface area contributed by atoms with E-state index in [4.69, 9.17) is 47.5 Å². The Balaban J connectivity index is 1.81. The summed E-state index contributed by atoms with van der Waals surface area (Å²) in [5.41, 5.74) is 4.77. The van der Waals surface area contributed by atoms with Crippen LogP contribution >= 0.6 is 30.9 Å². The fourth-order valence-corrected chi connectivity index (χ4v) is 5.43. The van der Waals surface area contributed by atoms with Crippen LogP contribution in [0, 0.1) is 0 Å². The average Bonchev–Trinajstić information content (AvgIpc) is 3.03. The van der Waals surface area contributed by atoms with E-state index in [1.54, 1.807) is 44.2 Å². The molecule has 4 N–H and O–H groups in total. The van der Waals surface area contributed by atoms with Crippen molar-refractivity contribution in [2.75, 3.05) is 12.3 Å². The number of nitrogens with one attached hydrogen (secondary N) is 1. The molecule has 1 aliphatic rings. The van der Waals surface area contributed by atoms with Crippen molar-refractivity contribution in [3.8, 4) is 5.75 Å². The molecule has 204 valence electrons. The first-order chi connectivity index (χ1) is 17.2. The number of para-hydroxylation sites is 1. The Kier molecular flexibility index (Phi) is 9.28. The monoisotopic (exact) mass is 578 g/mol. The van der Waals surface area contributed by atoms with E-state index in [9.17, 15) is 19.3 Å². The summed E-state index contributed by atoms with van der Waals surface area (Å²) >= 11 is 12.6. The normalized spacial score (nSPS) is 26.0. The molecule has 15 heteroatoms. The van der Waals surface area contributed by atoms with Crippen LogP contribution < -0.4 is 21.0 Å². The zero-order valence-electron chi connectivity index (χ0n) is 20.5. The number of halogens is 2. The molecule has 6 atom stereocenters. The van der Waals surface area contributed by atoms with E-state index in [-0.39, 0.29) is 16.6 Å². The first kappa shape index (κ1) is 29.4. The van der Waals surface area contributed by atoms with Crippen molar-refractivity contribution >= 4 is 42.7 Å². The van der Waals surface area contributed by atoms with E-state index < -0.39 is 61.5 Å². The molecule has 3 rings (SSSR count). The van der Waals surface area contributed by atoms with Crippen molar-refractivity contribution in [2.45, 2.75) is 63.2 Å². The highest BCUT2D eigenvalue weighted by molar-refractivity contribution is 7.52. The number of benzene rings is 1. The van der Waals surface area contributed by atoms with E-state index in [1.807, 2.05) is 0 Å². The molecule has 1 aromatic heterocycles. The molecule has 2 unspecified atom stereocenters. The molecule has 1 aromatic carbocycles. The van der Waals surface area contributed by atoms with Crippen molar-refractivity contribution in [1.82, 2.24) is 14.6 Å². The minimum atomic E-state index is -4.23. The van der Waals surface area contributed by atoms with Crippen LogP contribution in [-0.2, 0) is 23.4 Å². The van der Waals surface area contributed by atoms with Gasteiger partial charge in [0.1, 0.15) is 34.7 Å². The molecule has 12 nitrogen and oxygen atoms in total. The lowest BCUT2D eigenvalue weighted by molar-refractivity contribution is -0.149. The summed E-state index contributed by atoms with van der Waals surface area (Å²) < 4.78 is 36.8. The predicted octanol–water partition coefficient (Wildman–Crippen LogP) is 2.87. The van der Waals surface area contributed by atoms with E-state index in [0.717, 1.165) is 4.57 Å². The molecule has 0 saturated carbocycles. The zero-order valence-corrected chi connectivity index (χ0v) is 22.9. The topological polar surface area (TPSA) is 164 Å². The third kappa shape index (κ3) is 7.02. The quantitative estimate of drug-likeness (QED) is 0.215. The molecular weight excluding hydrogens is 550 g/mol. The Bertz CT molecular complexity index is 1210. The lowest BCUT2D eigenvalue weighted by atomic mass is 10.0. The fraction of sp³-hybridized carbons (Fsp3) is 0.500. The molecule has 1 saturated heterocycles. The molecule has 0 aliphatic carbocycles. The van der Waals surface area contributed by atoms with Gasteiger partial charge in [0.15, 0.2) is 6.23 Å². The molecule has 1 aliphatic heterocycles. The zero-order chi connectivity index (χ0) is 27.5. The molecule has 0 radical (unpaired) electrons. The number of nitrogens with zero attached hydrogens (tertiary/aromatic N) is 2. The van der Waals surface area contributed by atoms with Crippen molar-refractivity contribution < 1.29 is 33.0 Å². The Morgan fingerprint density at radius 1 is 1.35 bits per heavy atom. The van der Waals surface area contributed by atoms with E-state index in [0.29, 0.717) is 0 Å². The summed E-state index contributed by atoms with van der Waals surface area (Å²) in [6.07, 6.45) is -2.98. The number of ether oxygens (including phenoxy) is 2. The molecule has 2 heterocycles. The van der Waals surface area contributed by atoms with Gasteiger partial charge in [-0.3, -0.25) is 13.9 Å². The molecular formula is C22H29Cl2N4O8P. The van der Waals surface area contributed by atoms with Crippen LogP contribution in [0.5, 0.6) is 5.75 Å². The highest BCUT2D eigenvalue weighted by Gasteiger charge is 2.54. The van der Waals surface area contributed by atoms with Crippen LogP contribution in [0.1, 0.15) is 33.9 Å². The third-order valence-electron chi connectivity index (χ3n) is 5.34. The number of anilines is 1. The Morgan fingerprint density at radius 3 is 2.62 bits per heavy atom. The van der Waals surface area contributed by atoms with Crippen molar-refractivity contribution in [1.29, 1.82) is 0 Å². The van der Waals surface area contributed by atoms with E-state index in [2.05, 4.69) is 10.1 Å². The smallest absolute Gasteiger partial charge is 0.459 e. The summed E-state index contributed by atoms with van der Waals surface area (Å²) in [7, 11) is -4.23. The Morgan fingerprint density at radius 2 is 2.00 bits per heavy atom. The number of hydrogen-bond donors (Lipinski definition) is 3. The van der Waals surface area contributed by atoms with Crippen LogP contribution in [0.2, 0.25) is 5.02 Å². The van der Waals surface area contributed by atoms with Gasteiger partial charge in [-0.05, 0) is 39.8 Å². The maximum absolute atomic E-state index is 13.7. The second kappa shape index (κ2) is 11.7. The van der Waals surface area contributed by atoms with Gasteiger partial charge in [-0.25, -0.2) is 9.36 Å². The number of nitrogens with two attached hydrogens (primary N) is 1. The molecule has 2 aromatic rings. The summed E-state index contributed by atoms with van der Waals surface area (Å²) in [6.45, 7) is 5.74. The summed E-state index contributed by atoms with van der Waals surface area (Å²) in [5.74, 6) is -0.647. The third-order valence-corrected chi connectivity index (χ3v) is 7.68. The first-order valence-corrected chi connectivity index (χ1v) is 13.6. The number of nitrogen functional groups attached to an aromatic ring is 1. The molecule has 37 heavy (non-hydrogen) atoms. The van der Waals surface area contributed by atoms with Gasteiger partial charge in [-0.2, -0.15) is 10.1 Å². The summed E-state index contributed by atoms with van der Waals surface area (Å²) in [5, 5.41) is 13.4. The molecule has 0 spiro atoms. The van der Waals surface area contributed by atoms with Gasteiger partial charge in [-0.1, -0.05) is 29.8 Å². The van der Waals surface area contributed by atoms with Crippen LogP contribution in [0.25, 0.3) is 0 Å². The largest absolute Gasteiger partial charge is 0.462 e. The summed E-state index contributed by atoms with van der Waals surface area (Å²) in [4.78, 5) is 26.8. The maximum Gasteiger partial charge on any atom is 0.459 e. The van der Waals surface area contributed by atoms with Gasteiger partial charge in [0.05, 0.1) is 17.7 Å². The van der Waals surface area contributed by atoms with Gasteiger partial charge >= 0.3 is 19.4 Å². The average molecular weight is 579 g/mol. The molecule has 0 amide bonds. The Labute approximate surface area is 223 Å². The number of hydrogen-bond acceptors (Lipinski definition) is 10. The van der Waals surface area contributed by atoms with Crippen LogP contribution in [0.3, 0.4) is 0 Å². The number of carbonyl (C=O) groups is 1. The number of carbonyl (C=O) groups excluding carboxylic acids is 1. The van der Waals surface area contributed by atoms with Gasteiger partial charge < -0.3 is 24.8 Å². The lowest BCUT2D eigenvalue weighted by Gasteiger charge is -2.26. The van der Waals surface area contributed by atoms with Gasteiger partial charge in [-0.15, -0.1) is 11.6 Å². The SMILES string of the molecule is CC(C)OC(=O)[C@@H](C)NP(=O)(OC[C@H]1OC(n2cc(Cl)c(N)nc2=O)[C@](C)(Cl)[C@@H]1O)Oc1ccccc1. The van der Waals surface area contributed by atoms with Gasteiger partial charge in [0, 0.05) is 6.20 Å². The number of alkyl halides is 1. The highest BCUT2D eigenvalue weighted by Crippen LogP contribution is 2.48. The second-order valence-electron chi connectivity index (χ2n) is 8.82. The lowest BCUT2D eigenvalue weighted by Crippen LogP contribution is -2.42. The van der Waals surface area contributed by atoms with Gasteiger partial charge in [0.2, 0.25) is 0 Å². The van der Waals surface area contributed by atoms with Crippen molar-refractivity contribution in [3.05, 3.63) is 52.0 Å². The highest BCUT2D eigenvalue weighted by atomic mass is 35.5. The van der Waals surface area contributed by atoms with Crippen LogP contribution in [0.15, 0.2) is 41.3 Å². The second-order valence-corrected chi connectivity index (χ2v) is 11.7. The van der Waals surface area contributed by atoms with Crippen molar-refractivity contribution in [3.63, 3.8) is 0 Å². The van der Waals surface area contributed by atoms with Crippen molar-refractivity contribution in [2.24, 2.45) is 0 Å². The fourth-order valence-electron chi connectivity index (χ4n) is 3.48. The molecule has 0 bridgehead atoms. The minimum absolute atomic E-state index is 0.0166. The number of aromatic nitrogens is 2. The summed E-state index contributed by atoms with van der Waals surface area (Å²) in [6, 6.07) is 7.08. The Hall–Kier alpha value is -2.18. The number of aliphatic hydroxyl groups excluding tert-OH is 1. The molecule has 1 fully saturated rings.